The largest absolute Gasteiger partial charge is 0.393 e. The van der Waals surface area contributed by atoms with Crippen LogP contribution in [-0.2, 0) is 10.0 Å². The first kappa shape index (κ1) is 20.1. The van der Waals surface area contributed by atoms with E-state index in [1.807, 2.05) is 4.90 Å². The van der Waals surface area contributed by atoms with E-state index in [0.717, 1.165) is 6.07 Å². The van der Waals surface area contributed by atoms with Gasteiger partial charge in [-0.05, 0) is 44.0 Å². The predicted molar refractivity (Wildman–Crippen MR) is 107 cm³/mol. The Balaban J connectivity index is 2.00. The SMILES string of the molecule is CCN(c1ccccc1)S(=O)(=O)c1ccc(N2CCC(O)CC2)c([N+](=O)[O-])c1. The van der Waals surface area contributed by atoms with Crippen LogP contribution >= 0.6 is 0 Å². The zero-order chi connectivity index (χ0) is 20.3. The highest BCUT2D eigenvalue weighted by atomic mass is 32.2. The molecule has 150 valence electrons. The van der Waals surface area contributed by atoms with E-state index in [1.54, 1.807) is 37.3 Å². The lowest BCUT2D eigenvalue weighted by Crippen LogP contribution is -2.36. The molecule has 0 bridgehead atoms. The monoisotopic (exact) mass is 405 g/mol. The zero-order valence-electron chi connectivity index (χ0n) is 15.6. The first-order valence-corrected chi connectivity index (χ1v) is 10.6. The van der Waals surface area contributed by atoms with Crippen LogP contribution in [0.25, 0.3) is 0 Å². The lowest BCUT2D eigenvalue weighted by molar-refractivity contribution is -0.384. The van der Waals surface area contributed by atoms with Crippen LogP contribution in [0.15, 0.2) is 53.4 Å². The number of rotatable bonds is 6. The molecule has 0 radical (unpaired) electrons. The van der Waals surface area contributed by atoms with Crippen molar-refractivity contribution in [3.05, 3.63) is 58.6 Å². The second-order valence-corrected chi connectivity index (χ2v) is 8.49. The van der Waals surface area contributed by atoms with E-state index in [9.17, 15) is 23.6 Å². The Morgan fingerprint density at radius 1 is 1.18 bits per heavy atom. The van der Waals surface area contributed by atoms with Gasteiger partial charge in [0.2, 0.25) is 0 Å². The molecule has 28 heavy (non-hydrogen) atoms. The molecular formula is C19H23N3O5S. The molecule has 0 aliphatic carbocycles. The van der Waals surface area contributed by atoms with E-state index in [1.165, 1.54) is 16.4 Å². The number of nitro benzene ring substituents is 1. The number of aliphatic hydroxyl groups is 1. The molecule has 1 N–H and O–H groups in total. The average Bonchev–Trinajstić information content (AvgIpc) is 2.69. The standard InChI is InChI=1S/C19H23N3O5S/c1-2-21(15-6-4-3-5-7-15)28(26,27)17-8-9-18(19(14-17)22(24)25)20-12-10-16(23)11-13-20/h3-9,14,16,23H,2,10-13H2,1H3. The maximum atomic E-state index is 13.1. The number of nitrogens with zero attached hydrogens (tertiary/aromatic N) is 3. The first-order chi connectivity index (χ1) is 13.3. The van der Waals surface area contributed by atoms with Gasteiger partial charge in [0.15, 0.2) is 0 Å². The van der Waals surface area contributed by atoms with Crippen molar-refractivity contribution in [2.75, 3.05) is 28.8 Å². The van der Waals surface area contributed by atoms with E-state index in [2.05, 4.69) is 0 Å². The lowest BCUT2D eigenvalue weighted by Gasteiger charge is -2.31. The topological polar surface area (TPSA) is 104 Å². The van der Waals surface area contributed by atoms with Crippen LogP contribution in [0, 0.1) is 10.1 Å². The first-order valence-electron chi connectivity index (χ1n) is 9.14. The fraction of sp³-hybridized carbons (Fsp3) is 0.368. The summed E-state index contributed by atoms with van der Waals surface area (Å²) in [6, 6.07) is 12.7. The Bertz CT molecular complexity index is 941. The van der Waals surface area contributed by atoms with Crippen molar-refractivity contribution in [1.29, 1.82) is 0 Å². The number of anilines is 2. The van der Waals surface area contributed by atoms with E-state index in [4.69, 9.17) is 0 Å². The molecule has 3 rings (SSSR count). The lowest BCUT2D eigenvalue weighted by atomic mass is 10.1. The normalized spacial score (nSPS) is 15.4. The zero-order valence-corrected chi connectivity index (χ0v) is 16.4. The molecule has 9 heteroatoms. The van der Waals surface area contributed by atoms with Crippen LogP contribution in [0.2, 0.25) is 0 Å². The number of aliphatic hydroxyl groups excluding tert-OH is 1. The Labute approximate surface area is 164 Å². The third kappa shape index (κ3) is 3.95. The molecule has 2 aromatic carbocycles. The van der Waals surface area contributed by atoms with E-state index in [0.29, 0.717) is 37.3 Å². The van der Waals surface area contributed by atoms with Crippen molar-refractivity contribution in [3.8, 4) is 0 Å². The molecule has 1 heterocycles. The summed E-state index contributed by atoms with van der Waals surface area (Å²) in [5, 5.41) is 21.3. The van der Waals surface area contributed by atoms with Gasteiger partial charge in [0.25, 0.3) is 15.7 Å². The van der Waals surface area contributed by atoms with Gasteiger partial charge in [-0.1, -0.05) is 18.2 Å². The van der Waals surface area contributed by atoms with Gasteiger partial charge < -0.3 is 10.0 Å². The van der Waals surface area contributed by atoms with Crippen molar-refractivity contribution in [2.24, 2.45) is 0 Å². The summed E-state index contributed by atoms with van der Waals surface area (Å²) in [6.07, 6.45) is 0.642. The van der Waals surface area contributed by atoms with Crippen molar-refractivity contribution in [1.82, 2.24) is 0 Å². The van der Waals surface area contributed by atoms with Crippen molar-refractivity contribution in [3.63, 3.8) is 0 Å². The molecule has 2 aromatic rings. The highest BCUT2D eigenvalue weighted by molar-refractivity contribution is 7.92. The van der Waals surface area contributed by atoms with Crippen LogP contribution in [0.1, 0.15) is 19.8 Å². The fourth-order valence-electron chi connectivity index (χ4n) is 3.40. The summed E-state index contributed by atoms with van der Waals surface area (Å²) >= 11 is 0. The van der Waals surface area contributed by atoms with Crippen LogP contribution in [-0.4, -0.2) is 44.2 Å². The van der Waals surface area contributed by atoms with Gasteiger partial charge >= 0.3 is 0 Å². The number of para-hydroxylation sites is 1. The molecule has 0 saturated carbocycles. The summed E-state index contributed by atoms with van der Waals surface area (Å²) in [6.45, 7) is 2.89. The number of piperidine rings is 1. The number of sulfonamides is 1. The minimum absolute atomic E-state index is 0.120. The van der Waals surface area contributed by atoms with E-state index < -0.39 is 21.1 Å². The maximum Gasteiger partial charge on any atom is 0.293 e. The summed E-state index contributed by atoms with van der Waals surface area (Å²) in [5.41, 5.74) is 0.627. The Morgan fingerprint density at radius 3 is 2.39 bits per heavy atom. The molecular weight excluding hydrogens is 382 g/mol. The highest BCUT2D eigenvalue weighted by Gasteiger charge is 2.29. The summed E-state index contributed by atoms with van der Waals surface area (Å²) in [4.78, 5) is 12.8. The smallest absolute Gasteiger partial charge is 0.293 e. The third-order valence-corrected chi connectivity index (χ3v) is 6.77. The molecule has 0 unspecified atom stereocenters. The van der Waals surface area contributed by atoms with Crippen LogP contribution in [0.3, 0.4) is 0 Å². The number of benzene rings is 2. The molecule has 1 fully saturated rings. The van der Waals surface area contributed by atoms with Crippen LogP contribution in [0.4, 0.5) is 17.1 Å². The van der Waals surface area contributed by atoms with Gasteiger partial charge in [-0.3, -0.25) is 14.4 Å². The minimum Gasteiger partial charge on any atom is -0.393 e. The average molecular weight is 405 g/mol. The van der Waals surface area contributed by atoms with E-state index >= 15 is 0 Å². The number of nitro groups is 1. The van der Waals surface area contributed by atoms with Gasteiger partial charge in [-0.25, -0.2) is 8.42 Å². The molecule has 1 saturated heterocycles. The summed E-state index contributed by atoms with van der Waals surface area (Å²) in [5.74, 6) is 0. The molecule has 1 aliphatic heterocycles. The third-order valence-electron chi connectivity index (χ3n) is 4.87. The quantitative estimate of drug-likeness (QED) is 0.585. The van der Waals surface area contributed by atoms with Crippen LogP contribution in [0.5, 0.6) is 0 Å². The molecule has 0 aromatic heterocycles. The maximum absolute atomic E-state index is 13.1. The second kappa shape index (κ2) is 8.15. The molecule has 0 spiro atoms. The predicted octanol–water partition coefficient (Wildman–Crippen LogP) is 2.77. The van der Waals surface area contributed by atoms with Crippen LogP contribution < -0.4 is 9.21 Å². The number of hydrogen-bond acceptors (Lipinski definition) is 6. The minimum atomic E-state index is -3.95. The Kier molecular flexibility index (Phi) is 5.85. The molecule has 0 amide bonds. The molecule has 1 aliphatic rings. The van der Waals surface area contributed by atoms with Gasteiger partial charge in [0.05, 0.1) is 21.6 Å². The van der Waals surface area contributed by atoms with Crippen molar-refractivity contribution in [2.45, 2.75) is 30.8 Å². The van der Waals surface area contributed by atoms with Crippen molar-refractivity contribution < 1.29 is 18.4 Å². The summed E-state index contributed by atoms with van der Waals surface area (Å²) in [7, 11) is -3.95. The van der Waals surface area contributed by atoms with Crippen molar-refractivity contribution >= 4 is 27.1 Å². The van der Waals surface area contributed by atoms with E-state index in [-0.39, 0.29) is 17.1 Å². The molecule has 8 nitrogen and oxygen atoms in total. The van der Waals surface area contributed by atoms with Gasteiger partial charge in [0, 0.05) is 25.7 Å². The summed E-state index contributed by atoms with van der Waals surface area (Å²) < 4.78 is 27.5. The fourth-order valence-corrected chi connectivity index (χ4v) is 4.89. The van der Waals surface area contributed by atoms with Gasteiger partial charge in [-0.15, -0.1) is 0 Å². The number of hydrogen-bond donors (Lipinski definition) is 1. The Hall–Kier alpha value is -2.65. The van der Waals surface area contributed by atoms with Gasteiger partial charge in [0.1, 0.15) is 5.69 Å². The molecule has 0 atom stereocenters. The second-order valence-electron chi connectivity index (χ2n) is 6.63. The Morgan fingerprint density at radius 2 is 1.82 bits per heavy atom. The highest BCUT2D eigenvalue weighted by Crippen LogP contribution is 2.34. The van der Waals surface area contributed by atoms with Gasteiger partial charge in [-0.2, -0.15) is 0 Å².